The SMILES string of the molecule is C[C@H](NC(=O)NCC(C)(C)c1cccs1)c1cnn(C)c1. The lowest BCUT2D eigenvalue weighted by Gasteiger charge is -2.24. The third-order valence-corrected chi connectivity index (χ3v) is 4.69. The first-order valence-corrected chi connectivity index (χ1v) is 7.83. The molecule has 0 aliphatic rings. The van der Waals surface area contributed by atoms with Crippen LogP contribution in [-0.2, 0) is 12.5 Å². The van der Waals surface area contributed by atoms with Gasteiger partial charge in [0.1, 0.15) is 0 Å². The molecule has 0 bridgehead atoms. The first-order chi connectivity index (χ1) is 9.88. The summed E-state index contributed by atoms with van der Waals surface area (Å²) in [7, 11) is 1.86. The first-order valence-electron chi connectivity index (χ1n) is 6.95. The second kappa shape index (κ2) is 6.30. The summed E-state index contributed by atoms with van der Waals surface area (Å²) >= 11 is 1.71. The normalized spacial score (nSPS) is 13.0. The Balaban J connectivity index is 1.85. The number of aromatic nitrogens is 2. The van der Waals surface area contributed by atoms with Gasteiger partial charge in [-0.25, -0.2) is 4.79 Å². The van der Waals surface area contributed by atoms with Gasteiger partial charge in [-0.15, -0.1) is 11.3 Å². The third kappa shape index (κ3) is 4.07. The summed E-state index contributed by atoms with van der Waals surface area (Å²) in [6, 6.07) is 3.91. The first kappa shape index (κ1) is 15.6. The topological polar surface area (TPSA) is 59.0 Å². The van der Waals surface area contributed by atoms with Gasteiger partial charge in [-0.2, -0.15) is 5.10 Å². The highest BCUT2D eigenvalue weighted by molar-refractivity contribution is 7.10. The Kier molecular flexibility index (Phi) is 4.67. The summed E-state index contributed by atoms with van der Waals surface area (Å²) in [5.41, 5.74) is 0.924. The lowest BCUT2D eigenvalue weighted by atomic mass is 9.91. The average Bonchev–Trinajstić information content (AvgIpc) is 3.07. The molecule has 21 heavy (non-hydrogen) atoms. The van der Waals surface area contributed by atoms with Crippen LogP contribution >= 0.6 is 11.3 Å². The van der Waals surface area contributed by atoms with E-state index in [-0.39, 0.29) is 17.5 Å². The van der Waals surface area contributed by atoms with E-state index in [1.807, 2.05) is 26.2 Å². The van der Waals surface area contributed by atoms with Gasteiger partial charge in [0.25, 0.3) is 0 Å². The molecular formula is C15H22N4OS. The van der Waals surface area contributed by atoms with E-state index in [0.717, 1.165) is 5.56 Å². The maximum Gasteiger partial charge on any atom is 0.315 e. The second-order valence-corrected chi connectivity index (χ2v) is 6.80. The molecule has 2 N–H and O–H groups in total. The number of carbonyl (C=O) groups excluding carboxylic acids is 1. The number of urea groups is 1. The number of rotatable bonds is 5. The van der Waals surface area contributed by atoms with Gasteiger partial charge >= 0.3 is 6.03 Å². The van der Waals surface area contributed by atoms with Crippen molar-refractivity contribution < 1.29 is 4.79 Å². The van der Waals surface area contributed by atoms with Crippen LogP contribution in [0.2, 0.25) is 0 Å². The monoisotopic (exact) mass is 306 g/mol. The van der Waals surface area contributed by atoms with E-state index >= 15 is 0 Å². The van der Waals surface area contributed by atoms with Crippen LogP contribution in [0.1, 0.15) is 37.3 Å². The summed E-state index contributed by atoms with van der Waals surface area (Å²) in [6.45, 7) is 6.80. The van der Waals surface area contributed by atoms with Crippen molar-refractivity contribution in [1.29, 1.82) is 0 Å². The molecule has 6 heteroatoms. The fraction of sp³-hybridized carbons (Fsp3) is 0.467. The third-order valence-electron chi connectivity index (χ3n) is 3.45. The molecule has 5 nitrogen and oxygen atoms in total. The van der Waals surface area contributed by atoms with Gasteiger partial charge in [-0.05, 0) is 18.4 Å². The van der Waals surface area contributed by atoms with Crippen molar-refractivity contribution in [2.75, 3.05) is 6.54 Å². The van der Waals surface area contributed by atoms with Gasteiger partial charge < -0.3 is 10.6 Å². The predicted molar refractivity (Wildman–Crippen MR) is 85.5 cm³/mol. The number of hydrogen-bond donors (Lipinski definition) is 2. The number of thiophene rings is 1. The molecule has 114 valence electrons. The molecule has 1 atom stereocenters. The molecule has 0 saturated carbocycles. The Morgan fingerprint density at radius 1 is 1.52 bits per heavy atom. The van der Waals surface area contributed by atoms with E-state index in [2.05, 4.69) is 41.0 Å². The maximum absolute atomic E-state index is 12.0. The summed E-state index contributed by atoms with van der Waals surface area (Å²) in [6.07, 6.45) is 3.67. The zero-order chi connectivity index (χ0) is 15.5. The quantitative estimate of drug-likeness (QED) is 0.892. The maximum atomic E-state index is 12.0. The van der Waals surface area contributed by atoms with Crippen LogP contribution < -0.4 is 10.6 Å². The van der Waals surface area contributed by atoms with E-state index in [1.54, 1.807) is 22.2 Å². The van der Waals surface area contributed by atoms with E-state index < -0.39 is 0 Å². The molecule has 0 saturated heterocycles. The second-order valence-electron chi connectivity index (χ2n) is 5.86. The van der Waals surface area contributed by atoms with Crippen LogP contribution in [0, 0.1) is 0 Å². The van der Waals surface area contributed by atoms with Gasteiger partial charge in [0.15, 0.2) is 0 Å². The number of amides is 2. The van der Waals surface area contributed by atoms with Gasteiger partial charge in [-0.3, -0.25) is 4.68 Å². The molecular weight excluding hydrogens is 284 g/mol. The zero-order valence-corrected chi connectivity index (χ0v) is 13.7. The van der Waals surface area contributed by atoms with Crippen molar-refractivity contribution >= 4 is 17.4 Å². The summed E-state index contributed by atoms with van der Waals surface area (Å²) < 4.78 is 1.73. The van der Waals surface area contributed by atoms with E-state index in [1.165, 1.54) is 4.88 Å². The summed E-state index contributed by atoms with van der Waals surface area (Å²) in [5, 5.41) is 12.0. The van der Waals surface area contributed by atoms with Crippen LogP contribution in [0.5, 0.6) is 0 Å². The minimum Gasteiger partial charge on any atom is -0.337 e. The largest absolute Gasteiger partial charge is 0.337 e. The van der Waals surface area contributed by atoms with Crippen molar-refractivity contribution in [1.82, 2.24) is 20.4 Å². The fourth-order valence-corrected chi connectivity index (χ4v) is 2.90. The van der Waals surface area contributed by atoms with Crippen molar-refractivity contribution in [3.63, 3.8) is 0 Å². The number of hydrogen-bond acceptors (Lipinski definition) is 3. The lowest BCUT2D eigenvalue weighted by molar-refractivity contribution is 0.235. The zero-order valence-electron chi connectivity index (χ0n) is 12.9. The molecule has 2 amide bonds. The molecule has 0 aliphatic heterocycles. The molecule has 2 aromatic heterocycles. The summed E-state index contributed by atoms with van der Waals surface area (Å²) in [5.74, 6) is 0. The number of nitrogens with one attached hydrogen (secondary N) is 2. The molecule has 0 spiro atoms. The van der Waals surface area contributed by atoms with Crippen molar-refractivity contribution in [3.8, 4) is 0 Å². The Bertz CT molecular complexity index is 589. The van der Waals surface area contributed by atoms with Crippen LogP contribution in [-0.4, -0.2) is 22.4 Å². The van der Waals surface area contributed by atoms with Gasteiger partial charge in [-0.1, -0.05) is 19.9 Å². The average molecular weight is 306 g/mol. The molecule has 2 heterocycles. The highest BCUT2D eigenvalue weighted by Gasteiger charge is 2.22. The molecule has 2 rings (SSSR count). The van der Waals surface area contributed by atoms with E-state index in [9.17, 15) is 4.79 Å². The number of nitrogens with zero attached hydrogens (tertiary/aromatic N) is 2. The standard InChI is InChI=1S/C15H22N4OS/c1-11(12-8-17-19(4)9-12)18-14(20)16-10-15(2,3)13-6-5-7-21-13/h5-9,11H,10H2,1-4H3,(H2,16,18,20)/t11-/m0/s1. The van der Waals surface area contributed by atoms with Crippen LogP contribution in [0.3, 0.4) is 0 Å². The van der Waals surface area contributed by atoms with Gasteiger partial charge in [0, 0.05) is 35.6 Å². The Morgan fingerprint density at radius 3 is 2.86 bits per heavy atom. The number of aryl methyl sites for hydroxylation is 1. The van der Waals surface area contributed by atoms with Crippen molar-refractivity contribution in [2.45, 2.75) is 32.2 Å². The van der Waals surface area contributed by atoms with Crippen LogP contribution in [0.15, 0.2) is 29.9 Å². The Labute approximate surface area is 129 Å². The highest BCUT2D eigenvalue weighted by Crippen LogP contribution is 2.26. The summed E-state index contributed by atoms with van der Waals surface area (Å²) in [4.78, 5) is 13.3. The molecule has 0 radical (unpaired) electrons. The fourth-order valence-electron chi connectivity index (χ4n) is 2.05. The molecule has 0 aromatic carbocycles. The highest BCUT2D eigenvalue weighted by atomic mass is 32.1. The minimum atomic E-state index is -0.156. The van der Waals surface area contributed by atoms with Crippen LogP contribution in [0.4, 0.5) is 4.79 Å². The van der Waals surface area contributed by atoms with E-state index in [4.69, 9.17) is 0 Å². The molecule has 2 aromatic rings. The Hall–Kier alpha value is -1.82. The van der Waals surface area contributed by atoms with Crippen LogP contribution in [0.25, 0.3) is 0 Å². The lowest BCUT2D eigenvalue weighted by Crippen LogP contribution is -2.42. The smallest absolute Gasteiger partial charge is 0.315 e. The molecule has 0 aliphatic carbocycles. The molecule has 0 unspecified atom stereocenters. The minimum absolute atomic E-state index is 0.0662. The van der Waals surface area contributed by atoms with Crippen molar-refractivity contribution in [2.24, 2.45) is 7.05 Å². The van der Waals surface area contributed by atoms with Gasteiger partial charge in [0.2, 0.25) is 0 Å². The number of carbonyl (C=O) groups is 1. The molecule has 0 fully saturated rings. The van der Waals surface area contributed by atoms with Gasteiger partial charge in [0.05, 0.1) is 12.2 Å². The predicted octanol–water partition coefficient (Wildman–Crippen LogP) is 2.82. The van der Waals surface area contributed by atoms with Crippen molar-refractivity contribution in [3.05, 3.63) is 40.3 Å². The van der Waals surface area contributed by atoms with E-state index in [0.29, 0.717) is 6.54 Å². The Morgan fingerprint density at radius 2 is 2.29 bits per heavy atom.